The number of fused-ring (bicyclic) bond motifs is 6. The van der Waals surface area contributed by atoms with Crippen molar-refractivity contribution in [1.82, 2.24) is 49.8 Å². The van der Waals surface area contributed by atoms with Gasteiger partial charge in [0.2, 0.25) is 10.6 Å². The van der Waals surface area contributed by atoms with Gasteiger partial charge >= 0.3 is 0 Å². The van der Waals surface area contributed by atoms with Crippen molar-refractivity contribution in [1.29, 1.82) is 0 Å². The number of benzene rings is 11. The van der Waals surface area contributed by atoms with Gasteiger partial charge in [-0.15, -0.1) is 0 Å². The van der Waals surface area contributed by atoms with E-state index in [1.165, 1.54) is 44.5 Å². The van der Waals surface area contributed by atoms with Gasteiger partial charge in [-0.25, -0.2) is 29.9 Å². The molecule has 0 fully saturated rings. The van der Waals surface area contributed by atoms with Gasteiger partial charge < -0.3 is 0 Å². The Kier molecular flexibility index (Phi) is 18.9. The van der Waals surface area contributed by atoms with E-state index in [2.05, 4.69) is 206 Å². The molecule has 0 unspecified atom stereocenters. The zero-order valence-corrected chi connectivity index (χ0v) is 57.6. The highest BCUT2D eigenvalue weighted by Crippen LogP contribution is 2.51. The number of nitrogens with zero attached hydrogens (tertiary/aromatic N) is 10. The van der Waals surface area contributed by atoms with Crippen LogP contribution in [0.1, 0.15) is 49.9 Å². The van der Waals surface area contributed by atoms with Crippen molar-refractivity contribution in [3.05, 3.63) is 347 Å². The van der Waals surface area contributed by atoms with Crippen LogP contribution in [0, 0.1) is 0 Å². The molecule has 11 aromatic carbocycles. The van der Waals surface area contributed by atoms with E-state index in [0.717, 1.165) is 83.3 Å². The quantitative estimate of drug-likeness (QED) is 0.138. The summed E-state index contributed by atoms with van der Waals surface area (Å²) in [5.41, 5.74) is 22.5. The Morgan fingerprint density at radius 3 is 0.970 bits per heavy atom. The lowest BCUT2D eigenvalue weighted by Gasteiger charge is -2.21. The van der Waals surface area contributed by atoms with Crippen LogP contribution in [0.2, 0.25) is 10.6 Å². The summed E-state index contributed by atoms with van der Waals surface area (Å²) in [6.07, 6.45) is 1.84. The number of rotatable bonds is 9. The highest BCUT2D eigenvalue weighted by atomic mass is 79.9. The van der Waals surface area contributed by atoms with Crippen molar-refractivity contribution in [2.24, 2.45) is 0 Å². The van der Waals surface area contributed by atoms with Crippen LogP contribution < -0.4 is 0 Å². The van der Waals surface area contributed by atoms with Crippen LogP contribution in [-0.2, 0) is 10.8 Å². The lowest BCUT2D eigenvalue weighted by atomic mass is 9.82. The summed E-state index contributed by atoms with van der Waals surface area (Å²) in [7, 11) is 0. The molecule has 4 heterocycles. The molecule has 0 radical (unpaired) electrons. The average molecular weight is 1390 g/mol. The van der Waals surface area contributed by atoms with Gasteiger partial charge in [-0.05, 0) is 104 Å². The van der Waals surface area contributed by atoms with Crippen LogP contribution in [0.4, 0.5) is 0 Å². The minimum absolute atomic E-state index is 0.00604. The van der Waals surface area contributed by atoms with E-state index in [-0.39, 0.29) is 21.4 Å². The van der Waals surface area contributed by atoms with E-state index in [9.17, 15) is 0 Å². The average Bonchev–Trinajstić information content (AvgIpc) is 1.67. The lowest BCUT2D eigenvalue weighted by Crippen LogP contribution is -2.14. The Hall–Kier alpha value is -11.3. The lowest BCUT2D eigenvalue weighted by molar-refractivity contribution is 0.660. The fourth-order valence-corrected chi connectivity index (χ4v) is 13.2. The van der Waals surface area contributed by atoms with E-state index in [0.29, 0.717) is 23.3 Å². The van der Waals surface area contributed by atoms with Crippen molar-refractivity contribution in [2.75, 3.05) is 0 Å². The molecule has 2 aliphatic carbocycles. The third-order valence-electron chi connectivity index (χ3n) is 17.7. The standard InChI is InChI=1S/C31H23BrN2.C25H20N2.2C15H10ClN3/c1-31(2)26-11-7-6-10-24(26)25-18-22(14-17-27(25)31)29-19-28(20-8-4-3-5-9-20)33-30(34-29)21-12-15-23(32)16-13-21;1-25(2)21-11-7-6-10-19(21)20-16-18(12-13-22(20)25)24-26-15-14-23(27-24)17-8-4-3-5-9-17;2*16-15-18-13(11-7-3-1-4-8-11)17-14(19-15)12-9-5-2-6-10-12/h3-19H,1-2H3;3-16H,1-2H3;2*1-10H. The maximum atomic E-state index is 5.99. The minimum Gasteiger partial charge on any atom is -0.237 e. The summed E-state index contributed by atoms with van der Waals surface area (Å²) < 4.78 is 1.04. The molecule has 0 saturated carbocycles. The highest BCUT2D eigenvalue weighted by molar-refractivity contribution is 9.10. The zero-order valence-electron chi connectivity index (χ0n) is 54.6. The minimum atomic E-state index is -0.00604. The predicted octanol–water partition coefficient (Wildman–Crippen LogP) is 22.4. The first kappa shape index (κ1) is 65.0. The molecule has 10 nitrogen and oxygen atoms in total. The van der Waals surface area contributed by atoms with E-state index in [1.54, 1.807) is 0 Å². The molecule has 0 atom stereocenters. The van der Waals surface area contributed by atoms with Crippen molar-refractivity contribution in [3.63, 3.8) is 0 Å². The van der Waals surface area contributed by atoms with Gasteiger partial charge in [0.1, 0.15) is 0 Å². The van der Waals surface area contributed by atoms with Gasteiger partial charge in [0.25, 0.3) is 0 Å². The molecule has 15 aromatic rings. The summed E-state index contributed by atoms with van der Waals surface area (Å²) in [4.78, 5) is 44.9. The molecule has 0 N–H and O–H groups in total. The second-order valence-corrected chi connectivity index (χ2v) is 26.4. The van der Waals surface area contributed by atoms with E-state index < -0.39 is 0 Å². The second kappa shape index (κ2) is 28.8. The molecule has 17 rings (SSSR count). The first-order chi connectivity index (χ1) is 48.3. The van der Waals surface area contributed by atoms with Crippen molar-refractivity contribution in [3.8, 4) is 124 Å². The summed E-state index contributed by atoms with van der Waals surface area (Å²) in [6.45, 7) is 9.20. The smallest absolute Gasteiger partial charge is 0.226 e. The zero-order chi connectivity index (χ0) is 67.9. The Morgan fingerprint density at radius 1 is 0.242 bits per heavy atom. The number of aromatic nitrogens is 10. The van der Waals surface area contributed by atoms with Crippen LogP contribution >= 0.6 is 39.1 Å². The third-order valence-corrected chi connectivity index (χ3v) is 18.6. The van der Waals surface area contributed by atoms with Crippen molar-refractivity contribution >= 4 is 39.1 Å². The molecule has 0 bridgehead atoms. The Morgan fingerprint density at radius 2 is 0.545 bits per heavy atom. The first-order valence-corrected chi connectivity index (χ1v) is 34.0. The van der Waals surface area contributed by atoms with Crippen LogP contribution in [-0.4, -0.2) is 49.8 Å². The van der Waals surface area contributed by atoms with Crippen molar-refractivity contribution in [2.45, 2.75) is 38.5 Å². The Balaban J connectivity index is 0.000000116. The molecular weight excluding hydrogens is 1320 g/mol. The van der Waals surface area contributed by atoms with Crippen LogP contribution in [0.25, 0.3) is 124 Å². The largest absolute Gasteiger partial charge is 0.237 e. The Labute approximate surface area is 594 Å². The van der Waals surface area contributed by atoms with Crippen LogP contribution in [0.5, 0.6) is 0 Å². The number of hydrogen-bond acceptors (Lipinski definition) is 10. The molecule has 0 saturated heterocycles. The topological polar surface area (TPSA) is 129 Å². The van der Waals surface area contributed by atoms with Gasteiger partial charge in [-0.1, -0.05) is 311 Å². The number of hydrogen-bond donors (Lipinski definition) is 0. The Bertz CT molecular complexity index is 5100. The van der Waals surface area contributed by atoms with Gasteiger partial charge in [0.15, 0.2) is 34.9 Å². The monoisotopic (exact) mass is 1380 g/mol. The number of halogens is 3. The van der Waals surface area contributed by atoms with Gasteiger partial charge in [0.05, 0.1) is 17.1 Å². The summed E-state index contributed by atoms with van der Waals surface area (Å²) in [5.74, 6) is 3.82. The maximum absolute atomic E-state index is 5.99. The first-order valence-electron chi connectivity index (χ1n) is 32.4. The van der Waals surface area contributed by atoms with E-state index >= 15 is 0 Å². The molecule has 0 amide bonds. The molecule has 99 heavy (non-hydrogen) atoms. The van der Waals surface area contributed by atoms with Gasteiger partial charge in [0, 0.05) is 71.6 Å². The molecule has 13 heteroatoms. The summed E-state index contributed by atoms with van der Waals surface area (Å²) in [6, 6.07) is 102. The fraction of sp³-hybridized carbons (Fsp3) is 0.0698. The summed E-state index contributed by atoms with van der Waals surface area (Å²) >= 11 is 15.5. The van der Waals surface area contributed by atoms with E-state index in [4.69, 9.17) is 38.2 Å². The van der Waals surface area contributed by atoms with Crippen LogP contribution in [0.15, 0.2) is 314 Å². The van der Waals surface area contributed by atoms with Gasteiger partial charge in [-0.2, -0.15) is 19.9 Å². The summed E-state index contributed by atoms with van der Waals surface area (Å²) in [5, 5.41) is 0.403. The predicted molar refractivity (Wildman–Crippen MR) is 405 cm³/mol. The van der Waals surface area contributed by atoms with E-state index in [1.807, 2.05) is 182 Å². The fourth-order valence-electron chi connectivity index (χ4n) is 12.7. The highest BCUT2D eigenvalue weighted by Gasteiger charge is 2.36. The molecule has 4 aromatic heterocycles. The molecule has 478 valence electrons. The van der Waals surface area contributed by atoms with Crippen LogP contribution in [0.3, 0.4) is 0 Å². The maximum Gasteiger partial charge on any atom is 0.226 e. The second-order valence-electron chi connectivity index (χ2n) is 24.8. The molecule has 0 aliphatic heterocycles. The molecule has 2 aliphatic rings. The SMILES string of the molecule is CC1(C)c2ccccc2-c2cc(-c3cc(-c4ccccc4)nc(-c4ccc(Br)cc4)n3)ccc21.CC1(C)c2ccccc2-c2cc(-c3nccc(-c4ccccc4)n3)ccc21.Clc1nc(-c2ccccc2)nc(-c2ccccc2)n1.Clc1nc(-c2ccccc2)nc(-c2ccccc2)n1. The third kappa shape index (κ3) is 14.3. The molecule has 0 spiro atoms. The van der Waals surface area contributed by atoms with Gasteiger partial charge in [-0.3, -0.25) is 0 Å². The van der Waals surface area contributed by atoms with Crippen molar-refractivity contribution < 1.29 is 0 Å². The normalized spacial score (nSPS) is 12.4. The molecular formula is C86H63BrCl2N10.